The first-order valence-corrected chi connectivity index (χ1v) is 8.78. The number of methoxy groups -OCH3 is 1. The molecular weight excluding hydrogens is 326 g/mol. The smallest absolute Gasteiger partial charge is 0.309 e. The summed E-state index contributed by atoms with van der Waals surface area (Å²) in [6.45, 7) is 6.63. The second kappa shape index (κ2) is 7.20. The van der Waals surface area contributed by atoms with Gasteiger partial charge in [-0.25, -0.2) is 4.98 Å². The van der Waals surface area contributed by atoms with Crippen LogP contribution in [0.4, 0.5) is 5.82 Å². The van der Waals surface area contributed by atoms with Crippen molar-refractivity contribution < 1.29 is 9.53 Å². The number of benzene rings is 1. The van der Waals surface area contributed by atoms with E-state index in [0.717, 1.165) is 17.2 Å². The minimum atomic E-state index is -0.488. The van der Waals surface area contributed by atoms with Crippen LogP contribution in [0.3, 0.4) is 0 Å². The molecule has 0 bridgehead atoms. The van der Waals surface area contributed by atoms with E-state index in [4.69, 9.17) is 9.72 Å². The molecule has 1 aromatic carbocycles. The molecule has 0 aliphatic carbocycles. The third-order valence-electron chi connectivity index (χ3n) is 5.08. The van der Waals surface area contributed by atoms with Crippen LogP contribution in [-0.4, -0.2) is 22.5 Å². The Balaban J connectivity index is 2.03. The van der Waals surface area contributed by atoms with Gasteiger partial charge >= 0.3 is 5.97 Å². The Morgan fingerprint density at radius 2 is 1.88 bits per heavy atom. The van der Waals surface area contributed by atoms with Gasteiger partial charge in [0.25, 0.3) is 0 Å². The predicted octanol–water partition coefficient (Wildman–Crippen LogP) is 4.03. The highest BCUT2D eigenvalue weighted by Gasteiger charge is 2.38. The SMILES string of the molecule is COC(=O)C(C)C(C)(C)c1nc2ccccn2c1NCc1ccccc1. The number of esters is 1. The van der Waals surface area contributed by atoms with Crippen molar-refractivity contribution in [2.75, 3.05) is 12.4 Å². The molecule has 5 heteroatoms. The third kappa shape index (κ3) is 3.29. The zero-order valence-corrected chi connectivity index (χ0v) is 15.7. The molecule has 0 saturated heterocycles. The van der Waals surface area contributed by atoms with Gasteiger partial charge in [-0.1, -0.05) is 57.2 Å². The summed E-state index contributed by atoms with van der Waals surface area (Å²) in [5, 5.41) is 3.52. The predicted molar refractivity (Wildman–Crippen MR) is 103 cm³/mol. The number of hydrogen-bond donors (Lipinski definition) is 1. The number of nitrogens with one attached hydrogen (secondary N) is 1. The first-order valence-electron chi connectivity index (χ1n) is 8.78. The van der Waals surface area contributed by atoms with E-state index in [1.165, 1.54) is 12.7 Å². The molecule has 0 amide bonds. The fourth-order valence-corrected chi connectivity index (χ4v) is 3.07. The lowest BCUT2D eigenvalue weighted by Crippen LogP contribution is -2.34. The highest BCUT2D eigenvalue weighted by molar-refractivity contribution is 5.75. The second-order valence-electron chi connectivity index (χ2n) is 7.04. The number of hydrogen-bond acceptors (Lipinski definition) is 4. The van der Waals surface area contributed by atoms with Crippen LogP contribution >= 0.6 is 0 Å². The first-order chi connectivity index (χ1) is 12.4. The van der Waals surface area contributed by atoms with E-state index >= 15 is 0 Å². The number of pyridine rings is 1. The van der Waals surface area contributed by atoms with Gasteiger partial charge in [-0.05, 0) is 17.7 Å². The molecule has 1 atom stereocenters. The van der Waals surface area contributed by atoms with Crippen LogP contribution in [0.15, 0.2) is 54.7 Å². The fraction of sp³-hybridized carbons (Fsp3) is 0.333. The lowest BCUT2D eigenvalue weighted by molar-refractivity contribution is -0.147. The number of fused-ring (bicyclic) bond motifs is 1. The molecule has 0 radical (unpaired) electrons. The lowest BCUT2D eigenvalue weighted by atomic mass is 9.77. The van der Waals surface area contributed by atoms with Gasteiger partial charge < -0.3 is 10.1 Å². The molecule has 3 aromatic rings. The van der Waals surface area contributed by atoms with Gasteiger partial charge in [0.2, 0.25) is 0 Å². The Bertz CT molecular complexity index is 900. The van der Waals surface area contributed by atoms with Gasteiger partial charge in [0, 0.05) is 18.2 Å². The molecule has 1 N–H and O–H groups in total. The van der Waals surface area contributed by atoms with Crippen LogP contribution in [0.2, 0.25) is 0 Å². The van der Waals surface area contributed by atoms with Crippen molar-refractivity contribution in [1.82, 2.24) is 9.38 Å². The van der Waals surface area contributed by atoms with E-state index in [1.807, 2.05) is 67.8 Å². The van der Waals surface area contributed by atoms with Crippen molar-refractivity contribution in [2.24, 2.45) is 5.92 Å². The van der Waals surface area contributed by atoms with Crippen LogP contribution in [0.5, 0.6) is 0 Å². The van der Waals surface area contributed by atoms with Crippen LogP contribution in [-0.2, 0) is 21.5 Å². The molecule has 5 nitrogen and oxygen atoms in total. The number of imidazole rings is 1. The van der Waals surface area contributed by atoms with E-state index in [0.29, 0.717) is 6.54 Å². The summed E-state index contributed by atoms with van der Waals surface area (Å²) >= 11 is 0. The summed E-state index contributed by atoms with van der Waals surface area (Å²) < 4.78 is 7.00. The number of ether oxygens (including phenoxy) is 1. The Labute approximate surface area is 154 Å². The second-order valence-corrected chi connectivity index (χ2v) is 7.04. The number of nitrogens with zero attached hydrogens (tertiary/aromatic N) is 2. The average Bonchev–Trinajstić information content (AvgIpc) is 3.05. The first kappa shape index (κ1) is 18.0. The molecule has 0 aliphatic heterocycles. The van der Waals surface area contributed by atoms with E-state index in [1.54, 1.807) is 0 Å². The van der Waals surface area contributed by atoms with E-state index < -0.39 is 5.41 Å². The monoisotopic (exact) mass is 351 g/mol. The van der Waals surface area contributed by atoms with Crippen molar-refractivity contribution in [3.8, 4) is 0 Å². The van der Waals surface area contributed by atoms with Crippen LogP contribution in [0, 0.1) is 5.92 Å². The summed E-state index contributed by atoms with van der Waals surface area (Å²) in [4.78, 5) is 17.0. The normalized spacial score (nSPS) is 12.8. The highest BCUT2D eigenvalue weighted by Crippen LogP contribution is 2.37. The zero-order valence-electron chi connectivity index (χ0n) is 15.7. The van der Waals surface area contributed by atoms with E-state index in [-0.39, 0.29) is 11.9 Å². The van der Waals surface area contributed by atoms with Crippen molar-refractivity contribution in [3.63, 3.8) is 0 Å². The standard InChI is InChI=1S/C21H25N3O2/c1-15(20(25)26-4)21(2,3)18-19(22-14-16-10-6-5-7-11-16)24-13-9-8-12-17(24)23-18/h5-13,15,22H,14H2,1-4H3. The van der Waals surface area contributed by atoms with Gasteiger partial charge in [0.05, 0.1) is 18.7 Å². The number of carbonyl (C=O) groups is 1. The van der Waals surface area contributed by atoms with Gasteiger partial charge in [0.1, 0.15) is 11.5 Å². The van der Waals surface area contributed by atoms with Crippen molar-refractivity contribution >= 4 is 17.4 Å². The third-order valence-corrected chi connectivity index (χ3v) is 5.08. The largest absolute Gasteiger partial charge is 0.469 e. The molecule has 2 heterocycles. The van der Waals surface area contributed by atoms with E-state index in [2.05, 4.69) is 17.4 Å². The van der Waals surface area contributed by atoms with Gasteiger partial charge in [0.15, 0.2) is 0 Å². The molecule has 1 unspecified atom stereocenters. The molecule has 2 aromatic heterocycles. The minimum absolute atomic E-state index is 0.235. The van der Waals surface area contributed by atoms with Gasteiger partial charge in [-0.2, -0.15) is 0 Å². The van der Waals surface area contributed by atoms with Crippen LogP contribution in [0.1, 0.15) is 32.0 Å². The molecule has 0 fully saturated rings. The van der Waals surface area contributed by atoms with Crippen molar-refractivity contribution in [1.29, 1.82) is 0 Å². The van der Waals surface area contributed by atoms with Crippen molar-refractivity contribution in [3.05, 3.63) is 66.0 Å². The molecule has 3 rings (SSSR count). The van der Waals surface area contributed by atoms with Crippen molar-refractivity contribution in [2.45, 2.75) is 32.7 Å². The van der Waals surface area contributed by atoms with E-state index in [9.17, 15) is 4.79 Å². The van der Waals surface area contributed by atoms with Gasteiger partial charge in [-0.3, -0.25) is 9.20 Å². The topological polar surface area (TPSA) is 55.6 Å². The Morgan fingerprint density at radius 1 is 1.19 bits per heavy atom. The number of anilines is 1. The molecule has 0 spiro atoms. The quantitative estimate of drug-likeness (QED) is 0.681. The molecule has 136 valence electrons. The lowest BCUT2D eigenvalue weighted by Gasteiger charge is -2.29. The number of carbonyl (C=O) groups excluding carboxylic acids is 1. The Hall–Kier alpha value is -2.82. The minimum Gasteiger partial charge on any atom is -0.469 e. The maximum atomic E-state index is 12.2. The summed E-state index contributed by atoms with van der Waals surface area (Å²) in [7, 11) is 1.42. The summed E-state index contributed by atoms with van der Waals surface area (Å²) in [5.74, 6) is 0.348. The summed E-state index contributed by atoms with van der Waals surface area (Å²) in [6, 6.07) is 16.1. The molecule has 0 aliphatic rings. The summed E-state index contributed by atoms with van der Waals surface area (Å²) in [5.41, 5.74) is 2.40. The number of rotatable bonds is 6. The maximum absolute atomic E-state index is 12.2. The highest BCUT2D eigenvalue weighted by atomic mass is 16.5. The summed E-state index contributed by atoms with van der Waals surface area (Å²) in [6.07, 6.45) is 1.98. The van der Waals surface area contributed by atoms with Gasteiger partial charge in [-0.15, -0.1) is 0 Å². The maximum Gasteiger partial charge on any atom is 0.309 e. The zero-order chi connectivity index (χ0) is 18.7. The fourth-order valence-electron chi connectivity index (χ4n) is 3.07. The average molecular weight is 351 g/mol. The number of aromatic nitrogens is 2. The molecule has 26 heavy (non-hydrogen) atoms. The Morgan fingerprint density at radius 3 is 2.58 bits per heavy atom. The van der Waals surface area contributed by atoms with Crippen LogP contribution < -0.4 is 5.32 Å². The molecule has 0 saturated carbocycles. The Kier molecular flexibility index (Phi) is 4.98. The van der Waals surface area contributed by atoms with Crippen LogP contribution in [0.25, 0.3) is 5.65 Å². The molecular formula is C21H25N3O2.